The van der Waals surface area contributed by atoms with Gasteiger partial charge in [0.05, 0.1) is 0 Å². The van der Waals surface area contributed by atoms with E-state index < -0.39 is 5.97 Å². The van der Waals surface area contributed by atoms with Crippen LogP contribution in [0.4, 0.5) is 5.69 Å². The lowest BCUT2D eigenvalue weighted by Crippen LogP contribution is -2.26. The van der Waals surface area contributed by atoms with Crippen molar-refractivity contribution in [3.8, 4) is 0 Å². The molecule has 0 bridgehead atoms. The van der Waals surface area contributed by atoms with Crippen LogP contribution in [-0.2, 0) is 4.79 Å². The molecule has 20 heavy (non-hydrogen) atoms. The molecular weight excluding hydrogens is 318 g/mol. The van der Waals surface area contributed by atoms with Crippen LogP contribution in [-0.4, -0.2) is 24.2 Å². The minimum atomic E-state index is -0.928. The summed E-state index contributed by atoms with van der Waals surface area (Å²) in [5.41, 5.74) is 2.09. The lowest BCUT2D eigenvalue weighted by atomic mass is 10.1. The van der Waals surface area contributed by atoms with Crippen LogP contribution in [0.15, 0.2) is 28.7 Å². The van der Waals surface area contributed by atoms with Gasteiger partial charge >= 0.3 is 5.97 Å². The number of carboxylic acid groups (broad SMARTS) is 1. The number of rotatable bonds is 7. The number of hydrogen-bond donors (Lipinski definition) is 1. The average Bonchev–Trinajstić information content (AvgIpc) is 3.20. The maximum atomic E-state index is 10.6. The van der Waals surface area contributed by atoms with Gasteiger partial charge in [-0.25, -0.2) is 4.79 Å². The third kappa shape index (κ3) is 4.37. The summed E-state index contributed by atoms with van der Waals surface area (Å²) >= 11 is 3.53. The van der Waals surface area contributed by atoms with Crippen molar-refractivity contribution in [2.75, 3.05) is 18.0 Å². The van der Waals surface area contributed by atoms with Gasteiger partial charge in [0.25, 0.3) is 0 Å². The second-order valence-electron chi connectivity index (χ2n) is 5.27. The molecule has 0 radical (unpaired) electrons. The minimum absolute atomic E-state index is 0.854. The highest BCUT2D eigenvalue weighted by molar-refractivity contribution is 9.10. The molecule has 0 aliphatic heterocycles. The van der Waals surface area contributed by atoms with E-state index in [0.29, 0.717) is 0 Å². The van der Waals surface area contributed by atoms with E-state index in [1.165, 1.54) is 18.5 Å². The Morgan fingerprint density at radius 2 is 2.25 bits per heavy atom. The smallest absolute Gasteiger partial charge is 0.328 e. The molecule has 1 aliphatic carbocycles. The average molecular weight is 338 g/mol. The molecular formula is C16H20BrNO2. The standard InChI is InChI=1S/C16H20BrNO2/c1-2-9-18(11-12-3-4-12)14-7-5-13(15(17)10-14)6-8-16(19)20/h5-8,10,12H,2-4,9,11H2,1H3,(H,19,20)/b8-6+. The van der Waals surface area contributed by atoms with Crippen molar-refractivity contribution in [2.24, 2.45) is 5.92 Å². The van der Waals surface area contributed by atoms with Crippen LogP contribution >= 0.6 is 15.9 Å². The van der Waals surface area contributed by atoms with Crippen molar-refractivity contribution < 1.29 is 9.90 Å². The van der Waals surface area contributed by atoms with E-state index in [1.807, 2.05) is 6.07 Å². The Hall–Kier alpha value is -1.29. The fraction of sp³-hybridized carbons (Fsp3) is 0.438. The Labute approximate surface area is 128 Å². The Balaban J connectivity index is 2.14. The predicted octanol–water partition coefficient (Wildman–Crippen LogP) is 4.17. The van der Waals surface area contributed by atoms with Crippen molar-refractivity contribution in [1.29, 1.82) is 0 Å². The highest BCUT2D eigenvalue weighted by atomic mass is 79.9. The first-order valence-electron chi connectivity index (χ1n) is 7.05. The van der Waals surface area contributed by atoms with Gasteiger partial charge in [-0.3, -0.25) is 0 Å². The molecule has 4 heteroatoms. The number of halogens is 1. The summed E-state index contributed by atoms with van der Waals surface area (Å²) in [5.74, 6) is -0.0748. The normalized spacial score (nSPS) is 14.7. The summed E-state index contributed by atoms with van der Waals surface area (Å²) < 4.78 is 0.935. The van der Waals surface area contributed by atoms with Crippen molar-refractivity contribution in [2.45, 2.75) is 26.2 Å². The summed E-state index contributed by atoms with van der Waals surface area (Å²) in [4.78, 5) is 13.0. The minimum Gasteiger partial charge on any atom is -0.478 e. The first kappa shape index (κ1) is 15.1. The fourth-order valence-electron chi connectivity index (χ4n) is 2.22. The van der Waals surface area contributed by atoms with Crippen LogP contribution < -0.4 is 4.90 Å². The van der Waals surface area contributed by atoms with Crippen LogP contribution in [0.5, 0.6) is 0 Å². The van der Waals surface area contributed by atoms with E-state index in [2.05, 4.69) is 39.9 Å². The van der Waals surface area contributed by atoms with Gasteiger partial charge < -0.3 is 10.0 Å². The molecule has 1 aromatic rings. The number of aliphatic carboxylic acids is 1. The van der Waals surface area contributed by atoms with Gasteiger partial charge in [0.15, 0.2) is 0 Å². The van der Waals surface area contributed by atoms with E-state index in [0.717, 1.165) is 41.5 Å². The number of carboxylic acids is 1. The zero-order chi connectivity index (χ0) is 14.5. The lowest BCUT2D eigenvalue weighted by Gasteiger charge is -2.25. The van der Waals surface area contributed by atoms with Crippen LogP contribution in [0.1, 0.15) is 31.7 Å². The topological polar surface area (TPSA) is 40.5 Å². The predicted molar refractivity (Wildman–Crippen MR) is 86.0 cm³/mol. The maximum Gasteiger partial charge on any atom is 0.328 e. The van der Waals surface area contributed by atoms with Crippen LogP contribution in [0.25, 0.3) is 6.08 Å². The van der Waals surface area contributed by atoms with E-state index >= 15 is 0 Å². The SMILES string of the molecule is CCCN(CC1CC1)c1ccc(/C=C/C(=O)O)c(Br)c1. The summed E-state index contributed by atoms with van der Waals surface area (Å²) in [5, 5.41) is 8.67. The van der Waals surface area contributed by atoms with Gasteiger partial charge in [-0.1, -0.05) is 28.9 Å². The quantitative estimate of drug-likeness (QED) is 0.759. The molecule has 0 unspecified atom stereocenters. The number of anilines is 1. The third-order valence-electron chi connectivity index (χ3n) is 3.42. The van der Waals surface area contributed by atoms with Gasteiger partial charge in [-0.15, -0.1) is 0 Å². The molecule has 0 atom stereocenters. The summed E-state index contributed by atoms with van der Waals surface area (Å²) in [6.07, 6.45) is 6.60. The van der Waals surface area contributed by atoms with Gasteiger partial charge in [0, 0.05) is 29.3 Å². The highest BCUT2D eigenvalue weighted by Crippen LogP contribution is 2.33. The van der Waals surface area contributed by atoms with E-state index in [4.69, 9.17) is 5.11 Å². The monoisotopic (exact) mass is 337 g/mol. The van der Waals surface area contributed by atoms with Crippen LogP contribution in [0.2, 0.25) is 0 Å². The van der Waals surface area contributed by atoms with Gasteiger partial charge in [0.1, 0.15) is 0 Å². The van der Waals surface area contributed by atoms with E-state index in [-0.39, 0.29) is 0 Å². The number of carbonyl (C=O) groups is 1. The van der Waals surface area contributed by atoms with Crippen LogP contribution in [0.3, 0.4) is 0 Å². The summed E-state index contributed by atoms with van der Waals surface area (Å²) in [6.45, 7) is 4.39. The second kappa shape index (κ2) is 6.93. The summed E-state index contributed by atoms with van der Waals surface area (Å²) in [7, 11) is 0. The van der Waals surface area contributed by atoms with Crippen LogP contribution in [0, 0.1) is 5.92 Å². The largest absolute Gasteiger partial charge is 0.478 e. The molecule has 1 aromatic carbocycles. The molecule has 1 aliphatic rings. The first-order chi connectivity index (χ1) is 9.60. The molecule has 1 saturated carbocycles. The van der Waals surface area contributed by atoms with Crippen molar-refractivity contribution >= 4 is 33.7 Å². The zero-order valence-electron chi connectivity index (χ0n) is 11.7. The third-order valence-corrected chi connectivity index (χ3v) is 4.11. The number of benzene rings is 1. The summed E-state index contributed by atoms with van der Waals surface area (Å²) in [6, 6.07) is 6.12. The fourth-order valence-corrected chi connectivity index (χ4v) is 2.72. The molecule has 0 spiro atoms. The number of hydrogen-bond acceptors (Lipinski definition) is 2. The Kier molecular flexibility index (Phi) is 5.24. The molecule has 108 valence electrons. The molecule has 0 aromatic heterocycles. The van der Waals surface area contributed by atoms with Crippen molar-refractivity contribution in [3.63, 3.8) is 0 Å². The zero-order valence-corrected chi connectivity index (χ0v) is 13.3. The lowest BCUT2D eigenvalue weighted by molar-refractivity contribution is -0.131. The van der Waals surface area contributed by atoms with E-state index in [9.17, 15) is 4.79 Å². The maximum absolute atomic E-state index is 10.6. The Morgan fingerprint density at radius 1 is 1.50 bits per heavy atom. The van der Waals surface area contributed by atoms with Gasteiger partial charge in [0.2, 0.25) is 0 Å². The van der Waals surface area contributed by atoms with Gasteiger partial charge in [-0.2, -0.15) is 0 Å². The van der Waals surface area contributed by atoms with Gasteiger partial charge in [-0.05, 0) is 49.0 Å². The van der Waals surface area contributed by atoms with Crippen molar-refractivity contribution in [3.05, 3.63) is 34.3 Å². The molecule has 0 heterocycles. The molecule has 0 saturated heterocycles. The molecule has 3 nitrogen and oxygen atoms in total. The van der Waals surface area contributed by atoms with E-state index in [1.54, 1.807) is 6.08 Å². The molecule has 0 amide bonds. The second-order valence-corrected chi connectivity index (χ2v) is 6.12. The highest BCUT2D eigenvalue weighted by Gasteiger charge is 2.24. The Morgan fingerprint density at radius 3 is 2.80 bits per heavy atom. The Bertz CT molecular complexity index is 509. The first-order valence-corrected chi connectivity index (χ1v) is 7.85. The molecule has 2 rings (SSSR count). The van der Waals surface area contributed by atoms with Crippen molar-refractivity contribution in [1.82, 2.24) is 0 Å². The number of nitrogens with zero attached hydrogens (tertiary/aromatic N) is 1. The molecule has 1 N–H and O–H groups in total. The molecule has 1 fully saturated rings.